The molecule has 0 radical (unpaired) electrons. The van der Waals surface area contributed by atoms with Crippen LogP contribution in [0.5, 0.6) is 0 Å². The van der Waals surface area contributed by atoms with Crippen molar-refractivity contribution < 1.29 is 33.8 Å². The van der Waals surface area contributed by atoms with Crippen LogP contribution in [-0.2, 0) is 23.9 Å². The number of aliphatic carboxylic acids is 1. The number of methoxy groups -OCH3 is 1. The molecule has 0 saturated heterocycles. The lowest BCUT2D eigenvalue weighted by atomic mass is 9.98. The lowest BCUT2D eigenvalue weighted by molar-refractivity contribution is -0.149. The Kier molecular flexibility index (Phi) is 7.33. The maximum atomic E-state index is 12.7. The standard InChI is InChI=1S/C26H28N2O7/c1-34-23(29)13-22(25(31)32)27-24(30)19-11-6-12-21(19)28-26(33)35-14-20-17-9-4-2-7-15(17)16-8-3-5-10-18(16)20/h2-5,7-10,19-22H,6,11-14H2,1H3,(H,27,30)(H,28,33)(H,31,32)/t19-,21+,22-/m0/s1. The third-order valence-electron chi connectivity index (χ3n) is 6.71. The van der Waals surface area contributed by atoms with Gasteiger partial charge in [-0.15, -0.1) is 0 Å². The first-order valence-electron chi connectivity index (χ1n) is 11.6. The van der Waals surface area contributed by atoms with Crippen LogP contribution in [0.15, 0.2) is 48.5 Å². The first-order chi connectivity index (χ1) is 16.9. The molecule has 1 fully saturated rings. The second-order valence-electron chi connectivity index (χ2n) is 8.79. The molecule has 0 aliphatic heterocycles. The molecule has 9 heteroatoms. The molecule has 0 heterocycles. The number of amides is 2. The number of carboxylic acid groups (broad SMARTS) is 1. The number of rotatable bonds is 8. The van der Waals surface area contributed by atoms with Crippen LogP contribution in [0.25, 0.3) is 11.1 Å². The number of hydrogen-bond acceptors (Lipinski definition) is 6. The van der Waals surface area contributed by atoms with Crippen LogP contribution < -0.4 is 10.6 Å². The first kappa shape index (κ1) is 24.3. The van der Waals surface area contributed by atoms with E-state index in [2.05, 4.69) is 27.5 Å². The normalized spacial score (nSPS) is 19.2. The van der Waals surface area contributed by atoms with Gasteiger partial charge in [-0.2, -0.15) is 0 Å². The summed E-state index contributed by atoms with van der Waals surface area (Å²) in [5.74, 6) is -3.29. The van der Waals surface area contributed by atoms with Gasteiger partial charge in [0, 0.05) is 12.0 Å². The zero-order chi connectivity index (χ0) is 24.9. The number of hydrogen-bond donors (Lipinski definition) is 3. The van der Waals surface area contributed by atoms with Gasteiger partial charge in [-0.25, -0.2) is 9.59 Å². The molecule has 2 aliphatic carbocycles. The predicted octanol–water partition coefficient (Wildman–Crippen LogP) is 2.83. The highest BCUT2D eigenvalue weighted by Gasteiger charge is 2.37. The van der Waals surface area contributed by atoms with Crippen LogP contribution in [0, 0.1) is 5.92 Å². The van der Waals surface area contributed by atoms with Crippen molar-refractivity contribution in [3.8, 4) is 11.1 Å². The van der Waals surface area contributed by atoms with E-state index >= 15 is 0 Å². The highest BCUT2D eigenvalue weighted by Crippen LogP contribution is 2.44. The molecular formula is C26H28N2O7. The van der Waals surface area contributed by atoms with E-state index in [9.17, 15) is 24.3 Å². The van der Waals surface area contributed by atoms with Gasteiger partial charge in [0.2, 0.25) is 5.91 Å². The zero-order valence-corrected chi connectivity index (χ0v) is 19.4. The Morgan fingerprint density at radius 2 is 1.63 bits per heavy atom. The van der Waals surface area contributed by atoms with Crippen molar-refractivity contribution in [1.82, 2.24) is 10.6 Å². The monoisotopic (exact) mass is 480 g/mol. The minimum atomic E-state index is -1.40. The maximum Gasteiger partial charge on any atom is 0.407 e. The topological polar surface area (TPSA) is 131 Å². The van der Waals surface area contributed by atoms with Crippen molar-refractivity contribution in [3.63, 3.8) is 0 Å². The van der Waals surface area contributed by atoms with Crippen LogP contribution >= 0.6 is 0 Å². The summed E-state index contributed by atoms with van der Waals surface area (Å²) in [6.45, 7) is 0.156. The van der Waals surface area contributed by atoms with Crippen LogP contribution in [0.2, 0.25) is 0 Å². The summed E-state index contributed by atoms with van der Waals surface area (Å²) in [6.07, 6.45) is 0.651. The van der Waals surface area contributed by atoms with E-state index in [4.69, 9.17) is 4.74 Å². The largest absolute Gasteiger partial charge is 0.480 e. The highest BCUT2D eigenvalue weighted by molar-refractivity contribution is 5.88. The van der Waals surface area contributed by atoms with Crippen LogP contribution in [0.4, 0.5) is 4.79 Å². The molecule has 35 heavy (non-hydrogen) atoms. The van der Waals surface area contributed by atoms with E-state index in [1.54, 1.807) is 0 Å². The quantitative estimate of drug-likeness (QED) is 0.495. The SMILES string of the molecule is COC(=O)C[C@H](NC(=O)[C@H]1CCC[C@H]1NC(=O)OCC1c2ccccc2-c2ccccc21)C(=O)O. The lowest BCUT2D eigenvalue weighted by Gasteiger charge is -2.23. The molecule has 184 valence electrons. The molecule has 2 aromatic carbocycles. The fraction of sp³-hybridized carbons (Fsp3) is 0.385. The van der Waals surface area contributed by atoms with Crippen molar-refractivity contribution in [3.05, 3.63) is 59.7 Å². The number of carbonyl (C=O) groups excluding carboxylic acids is 3. The molecule has 0 spiro atoms. The number of alkyl carbamates (subject to hydrolysis) is 1. The van der Waals surface area contributed by atoms with E-state index < -0.39 is 48.4 Å². The number of benzene rings is 2. The fourth-order valence-corrected chi connectivity index (χ4v) is 4.97. The molecule has 0 bridgehead atoms. The summed E-state index contributed by atoms with van der Waals surface area (Å²) in [5, 5.41) is 14.5. The third-order valence-corrected chi connectivity index (χ3v) is 6.71. The number of nitrogens with one attached hydrogen (secondary N) is 2. The Bertz CT molecular complexity index is 1090. The number of esters is 1. The van der Waals surface area contributed by atoms with Gasteiger partial charge >= 0.3 is 18.0 Å². The summed E-state index contributed by atoms with van der Waals surface area (Å²) in [6, 6.07) is 14.2. The van der Waals surface area contributed by atoms with E-state index in [-0.39, 0.29) is 12.5 Å². The molecule has 3 atom stereocenters. The van der Waals surface area contributed by atoms with Crippen molar-refractivity contribution in [1.29, 1.82) is 0 Å². The molecule has 0 unspecified atom stereocenters. The van der Waals surface area contributed by atoms with Gasteiger partial charge in [0.15, 0.2) is 0 Å². The molecule has 9 nitrogen and oxygen atoms in total. The van der Waals surface area contributed by atoms with Crippen molar-refractivity contribution >= 4 is 23.9 Å². The second-order valence-corrected chi connectivity index (χ2v) is 8.79. The maximum absolute atomic E-state index is 12.7. The molecule has 4 rings (SSSR count). The zero-order valence-electron chi connectivity index (χ0n) is 19.4. The van der Waals surface area contributed by atoms with Gasteiger partial charge in [-0.05, 0) is 35.1 Å². The Hall–Kier alpha value is -3.88. The predicted molar refractivity (Wildman–Crippen MR) is 126 cm³/mol. The minimum Gasteiger partial charge on any atom is -0.480 e. The Labute approximate surface area is 202 Å². The lowest BCUT2D eigenvalue weighted by Crippen LogP contribution is -2.49. The van der Waals surface area contributed by atoms with Gasteiger partial charge in [0.05, 0.1) is 19.4 Å². The van der Waals surface area contributed by atoms with E-state index in [0.29, 0.717) is 19.3 Å². The van der Waals surface area contributed by atoms with E-state index in [1.807, 2.05) is 36.4 Å². The van der Waals surface area contributed by atoms with Gasteiger partial charge in [0.1, 0.15) is 12.6 Å². The van der Waals surface area contributed by atoms with E-state index in [0.717, 1.165) is 29.4 Å². The molecule has 2 aliphatic rings. The van der Waals surface area contributed by atoms with Crippen molar-refractivity contribution in [2.24, 2.45) is 5.92 Å². The molecule has 3 N–H and O–H groups in total. The molecule has 2 aromatic rings. The van der Waals surface area contributed by atoms with Gasteiger partial charge in [-0.3, -0.25) is 9.59 Å². The Morgan fingerprint density at radius 3 is 2.23 bits per heavy atom. The summed E-state index contributed by atoms with van der Waals surface area (Å²) < 4.78 is 10.1. The molecule has 2 amide bonds. The molecular weight excluding hydrogens is 452 g/mol. The first-order valence-corrected chi connectivity index (χ1v) is 11.6. The Morgan fingerprint density at radius 1 is 1.00 bits per heavy atom. The summed E-state index contributed by atoms with van der Waals surface area (Å²) in [7, 11) is 1.15. The van der Waals surface area contributed by atoms with Gasteiger partial charge in [-0.1, -0.05) is 55.0 Å². The van der Waals surface area contributed by atoms with Gasteiger partial charge < -0.3 is 25.2 Å². The van der Waals surface area contributed by atoms with Crippen molar-refractivity contribution in [2.75, 3.05) is 13.7 Å². The average Bonchev–Trinajstić information content (AvgIpc) is 3.44. The van der Waals surface area contributed by atoms with Crippen LogP contribution in [0.1, 0.15) is 42.7 Å². The van der Waals surface area contributed by atoms with Crippen LogP contribution in [-0.4, -0.2) is 54.8 Å². The van der Waals surface area contributed by atoms with E-state index in [1.165, 1.54) is 0 Å². The fourth-order valence-electron chi connectivity index (χ4n) is 4.97. The van der Waals surface area contributed by atoms with Crippen LogP contribution in [0.3, 0.4) is 0 Å². The number of carboxylic acids is 1. The summed E-state index contributed by atoms with van der Waals surface area (Å²) in [5.41, 5.74) is 4.46. The summed E-state index contributed by atoms with van der Waals surface area (Å²) in [4.78, 5) is 48.3. The third kappa shape index (κ3) is 5.29. The Balaban J connectivity index is 1.35. The number of ether oxygens (including phenoxy) is 2. The highest BCUT2D eigenvalue weighted by atomic mass is 16.5. The van der Waals surface area contributed by atoms with Crippen molar-refractivity contribution in [2.45, 2.75) is 43.7 Å². The van der Waals surface area contributed by atoms with Gasteiger partial charge in [0.25, 0.3) is 0 Å². The average molecular weight is 481 g/mol. The second kappa shape index (κ2) is 10.6. The molecule has 0 aromatic heterocycles. The number of fused-ring (bicyclic) bond motifs is 3. The molecule has 1 saturated carbocycles. The minimum absolute atomic E-state index is 0.0783. The summed E-state index contributed by atoms with van der Waals surface area (Å²) >= 11 is 0. The number of carbonyl (C=O) groups is 4. The smallest absolute Gasteiger partial charge is 0.407 e.